The maximum Gasteiger partial charge on any atom is 0.241 e. The van der Waals surface area contributed by atoms with E-state index >= 15 is 0 Å². The van der Waals surface area contributed by atoms with Crippen molar-refractivity contribution >= 4 is 10.0 Å². The number of fused-ring (bicyclic) bond motifs is 1. The van der Waals surface area contributed by atoms with Crippen molar-refractivity contribution in [2.24, 2.45) is 0 Å². The van der Waals surface area contributed by atoms with Crippen LogP contribution in [0.25, 0.3) is 0 Å². The SMILES string of the molecule is Cc1cccc2c1S(=O)(=O)NCC2C. The summed E-state index contributed by atoms with van der Waals surface area (Å²) in [6.45, 7) is 4.36. The zero-order chi connectivity index (χ0) is 10.3. The fourth-order valence-electron chi connectivity index (χ4n) is 1.85. The van der Waals surface area contributed by atoms with Crippen molar-refractivity contribution in [3.63, 3.8) is 0 Å². The largest absolute Gasteiger partial charge is 0.241 e. The van der Waals surface area contributed by atoms with Gasteiger partial charge in [-0.15, -0.1) is 0 Å². The summed E-state index contributed by atoms with van der Waals surface area (Å²) >= 11 is 0. The van der Waals surface area contributed by atoms with E-state index in [4.69, 9.17) is 0 Å². The Kier molecular flexibility index (Phi) is 2.12. The molecule has 1 aliphatic heterocycles. The van der Waals surface area contributed by atoms with Crippen LogP contribution in [0.15, 0.2) is 23.1 Å². The minimum absolute atomic E-state index is 0.258. The fraction of sp³-hybridized carbons (Fsp3) is 0.400. The standard InChI is InChI=1S/C10H13NO2S/c1-7-4-3-5-9-8(2)6-11-14(12,13)10(7)9/h3-5,8,11H,6H2,1-2H3. The summed E-state index contributed by atoms with van der Waals surface area (Å²) in [4.78, 5) is 0.471. The number of hydrogen-bond acceptors (Lipinski definition) is 2. The second-order valence-corrected chi connectivity index (χ2v) is 5.45. The lowest BCUT2D eigenvalue weighted by molar-refractivity contribution is 0.558. The monoisotopic (exact) mass is 211 g/mol. The van der Waals surface area contributed by atoms with Crippen molar-refractivity contribution in [1.82, 2.24) is 4.72 Å². The van der Waals surface area contributed by atoms with Crippen LogP contribution in [0, 0.1) is 6.92 Å². The van der Waals surface area contributed by atoms with Gasteiger partial charge in [-0.05, 0) is 24.0 Å². The van der Waals surface area contributed by atoms with E-state index in [1.165, 1.54) is 0 Å². The van der Waals surface area contributed by atoms with Gasteiger partial charge in [0.25, 0.3) is 0 Å². The molecule has 1 unspecified atom stereocenters. The normalized spacial score (nSPS) is 24.3. The Bertz CT molecular complexity index is 465. The van der Waals surface area contributed by atoms with Gasteiger partial charge in [0.1, 0.15) is 0 Å². The zero-order valence-corrected chi connectivity index (χ0v) is 9.06. The molecule has 1 N–H and O–H groups in total. The highest BCUT2D eigenvalue weighted by molar-refractivity contribution is 7.89. The van der Waals surface area contributed by atoms with Crippen molar-refractivity contribution in [2.75, 3.05) is 6.54 Å². The summed E-state index contributed by atoms with van der Waals surface area (Å²) in [6.07, 6.45) is 0. The predicted molar refractivity (Wildman–Crippen MR) is 54.8 cm³/mol. The van der Waals surface area contributed by atoms with Crippen molar-refractivity contribution in [1.29, 1.82) is 0 Å². The molecule has 0 saturated carbocycles. The van der Waals surface area contributed by atoms with Crippen LogP contribution in [0.4, 0.5) is 0 Å². The van der Waals surface area contributed by atoms with Crippen molar-refractivity contribution < 1.29 is 8.42 Å². The summed E-state index contributed by atoms with van der Waals surface area (Å²) in [7, 11) is -3.26. The molecule has 0 amide bonds. The summed E-state index contributed by atoms with van der Waals surface area (Å²) in [5.74, 6) is 0.258. The summed E-state index contributed by atoms with van der Waals surface area (Å²) in [6, 6.07) is 5.63. The molecule has 14 heavy (non-hydrogen) atoms. The van der Waals surface area contributed by atoms with Crippen molar-refractivity contribution in [3.05, 3.63) is 29.3 Å². The number of nitrogens with one attached hydrogen (secondary N) is 1. The molecule has 1 aromatic rings. The maximum absolute atomic E-state index is 11.7. The maximum atomic E-state index is 11.7. The third-order valence-electron chi connectivity index (χ3n) is 2.62. The first kappa shape index (κ1) is 9.68. The van der Waals surface area contributed by atoms with Gasteiger partial charge in [0, 0.05) is 6.54 Å². The zero-order valence-electron chi connectivity index (χ0n) is 8.24. The van der Waals surface area contributed by atoms with E-state index < -0.39 is 10.0 Å². The van der Waals surface area contributed by atoms with Crippen LogP contribution in [0.2, 0.25) is 0 Å². The quantitative estimate of drug-likeness (QED) is 0.705. The fourth-order valence-corrected chi connectivity index (χ4v) is 3.53. The highest BCUT2D eigenvalue weighted by atomic mass is 32.2. The molecule has 2 rings (SSSR count). The van der Waals surface area contributed by atoms with Crippen LogP contribution in [0.3, 0.4) is 0 Å². The lowest BCUT2D eigenvalue weighted by atomic mass is 9.99. The van der Waals surface area contributed by atoms with E-state index in [2.05, 4.69) is 4.72 Å². The molecule has 0 bridgehead atoms. The molecule has 0 spiro atoms. The minimum Gasteiger partial charge on any atom is -0.211 e. The molecule has 1 aromatic carbocycles. The second-order valence-electron chi connectivity index (χ2n) is 3.75. The summed E-state index contributed by atoms with van der Waals surface area (Å²) in [5, 5.41) is 0. The average Bonchev–Trinajstić information content (AvgIpc) is 2.12. The number of rotatable bonds is 0. The van der Waals surface area contributed by atoms with Gasteiger partial charge in [0.05, 0.1) is 4.90 Å². The molecule has 0 saturated heterocycles. The molecule has 0 fully saturated rings. The first-order valence-electron chi connectivity index (χ1n) is 4.61. The van der Waals surface area contributed by atoms with Crippen LogP contribution in [0.5, 0.6) is 0 Å². The molecule has 0 aliphatic carbocycles. The van der Waals surface area contributed by atoms with Crippen LogP contribution in [-0.2, 0) is 10.0 Å². The van der Waals surface area contributed by atoms with Gasteiger partial charge in [0.15, 0.2) is 0 Å². The Hall–Kier alpha value is -0.870. The molecule has 0 aromatic heterocycles. The molecule has 1 atom stereocenters. The summed E-state index contributed by atoms with van der Waals surface area (Å²) < 4.78 is 26.0. The van der Waals surface area contributed by atoms with E-state index in [1.807, 2.05) is 32.0 Å². The van der Waals surface area contributed by atoms with Gasteiger partial charge >= 0.3 is 0 Å². The predicted octanol–water partition coefficient (Wildman–Crippen LogP) is 1.39. The van der Waals surface area contributed by atoms with E-state index in [1.54, 1.807) is 0 Å². The molecular weight excluding hydrogens is 198 g/mol. The van der Waals surface area contributed by atoms with Crippen molar-refractivity contribution in [2.45, 2.75) is 24.7 Å². The number of benzene rings is 1. The van der Waals surface area contributed by atoms with Gasteiger partial charge in [-0.1, -0.05) is 25.1 Å². The van der Waals surface area contributed by atoms with Gasteiger partial charge < -0.3 is 0 Å². The first-order chi connectivity index (χ1) is 6.52. The average molecular weight is 211 g/mol. The van der Waals surface area contributed by atoms with Crippen LogP contribution in [0.1, 0.15) is 24.0 Å². The molecule has 0 radical (unpaired) electrons. The van der Waals surface area contributed by atoms with E-state index in [-0.39, 0.29) is 5.92 Å². The molecule has 76 valence electrons. The van der Waals surface area contributed by atoms with Crippen LogP contribution >= 0.6 is 0 Å². The first-order valence-corrected chi connectivity index (χ1v) is 6.10. The van der Waals surface area contributed by atoms with Crippen molar-refractivity contribution in [3.8, 4) is 0 Å². The molecular formula is C10H13NO2S. The van der Waals surface area contributed by atoms with Gasteiger partial charge in [-0.3, -0.25) is 0 Å². The van der Waals surface area contributed by atoms with Gasteiger partial charge in [-0.2, -0.15) is 0 Å². The van der Waals surface area contributed by atoms with Gasteiger partial charge in [0.2, 0.25) is 10.0 Å². The molecule has 4 heteroatoms. The van der Waals surface area contributed by atoms with E-state index in [0.717, 1.165) is 11.1 Å². The third kappa shape index (κ3) is 1.35. The Morgan fingerprint density at radius 1 is 1.43 bits per heavy atom. The van der Waals surface area contributed by atoms with Crippen LogP contribution in [-0.4, -0.2) is 15.0 Å². The van der Waals surface area contributed by atoms with Gasteiger partial charge in [-0.25, -0.2) is 13.1 Å². The summed E-state index contributed by atoms with van der Waals surface area (Å²) in [5.41, 5.74) is 1.75. The topological polar surface area (TPSA) is 46.2 Å². The smallest absolute Gasteiger partial charge is 0.211 e. The Balaban J connectivity index is 2.77. The van der Waals surface area contributed by atoms with E-state index in [9.17, 15) is 8.42 Å². The lowest BCUT2D eigenvalue weighted by Gasteiger charge is -2.24. The minimum atomic E-state index is -3.26. The number of aryl methyl sites for hydroxylation is 1. The van der Waals surface area contributed by atoms with E-state index in [0.29, 0.717) is 11.4 Å². The number of hydrogen-bond donors (Lipinski definition) is 1. The highest BCUT2D eigenvalue weighted by Gasteiger charge is 2.28. The molecule has 1 aliphatic rings. The molecule has 1 heterocycles. The Labute approximate surface area is 84.2 Å². The Morgan fingerprint density at radius 3 is 2.79 bits per heavy atom. The number of sulfonamides is 1. The molecule has 3 nitrogen and oxygen atoms in total. The Morgan fingerprint density at radius 2 is 2.14 bits per heavy atom. The highest BCUT2D eigenvalue weighted by Crippen LogP contribution is 2.30. The van der Waals surface area contributed by atoms with Crippen LogP contribution < -0.4 is 4.72 Å². The third-order valence-corrected chi connectivity index (χ3v) is 4.26. The second kappa shape index (κ2) is 3.07. The lowest BCUT2D eigenvalue weighted by Crippen LogP contribution is -2.34.